The Kier molecular flexibility index (Phi) is 8.86. The number of anilines is 1. The van der Waals surface area contributed by atoms with Crippen LogP contribution in [-0.4, -0.2) is 38.3 Å². The standard InChI is InChI=1S/C20H24N4O3.HI/c1-2-10-21-19(22-11-9-18-4-3-13-26-18)23-15-16-5-7-17(8-6-16)24-12-14-27-20(24)25;/h2-8,13H,1,9-12,14-15H2,(H2,21,22,23);1H. The van der Waals surface area contributed by atoms with E-state index in [1.807, 2.05) is 36.4 Å². The summed E-state index contributed by atoms with van der Waals surface area (Å²) in [5.74, 6) is 1.65. The second kappa shape index (κ2) is 11.4. The third-order valence-electron chi connectivity index (χ3n) is 4.09. The zero-order chi connectivity index (χ0) is 18.9. The van der Waals surface area contributed by atoms with Crippen molar-refractivity contribution in [2.24, 2.45) is 4.99 Å². The van der Waals surface area contributed by atoms with Crippen molar-refractivity contribution in [1.29, 1.82) is 0 Å². The molecule has 7 nitrogen and oxygen atoms in total. The van der Waals surface area contributed by atoms with Crippen LogP contribution in [0.5, 0.6) is 0 Å². The largest absolute Gasteiger partial charge is 0.469 e. The molecule has 0 saturated carbocycles. The number of rotatable bonds is 8. The molecular formula is C20H25IN4O3. The minimum absolute atomic E-state index is 0. The van der Waals surface area contributed by atoms with Gasteiger partial charge in [-0.15, -0.1) is 30.6 Å². The van der Waals surface area contributed by atoms with Crippen LogP contribution in [0.2, 0.25) is 0 Å². The molecule has 0 unspecified atom stereocenters. The van der Waals surface area contributed by atoms with Crippen molar-refractivity contribution in [2.75, 3.05) is 31.1 Å². The molecule has 3 rings (SSSR count). The molecule has 1 aliphatic rings. The molecule has 2 heterocycles. The fourth-order valence-corrected chi connectivity index (χ4v) is 2.68. The summed E-state index contributed by atoms with van der Waals surface area (Å²) in [4.78, 5) is 17.8. The zero-order valence-corrected chi connectivity index (χ0v) is 17.9. The number of nitrogens with zero attached hydrogens (tertiary/aromatic N) is 2. The summed E-state index contributed by atoms with van der Waals surface area (Å²) in [6.45, 7) is 6.62. The number of carbonyl (C=O) groups is 1. The van der Waals surface area contributed by atoms with E-state index in [0.29, 0.717) is 38.7 Å². The van der Waals surface area contributed by atoms with Gasteiger partial charge in [0.25, 0.3) is 0 Å². The lowest BCUT2D eigenvalue weighted by Crippen LogP contribution is -2.38. The third kappa shape index (κ3) is 6.29. The highest BCUT2D eigenvalue weighted by atomic mass is 127. The Labute approximate surface area is 181 Å². The number of halogens is 1. The van der Waals surface area contributed by atoms with Gasteiger partial charge in [-0.05, 0) is 29.8 Å². The Morgan fingerprint density at radius 1 is 1.25 bits per heavy atom. The number of cyclic esters (lactones) is 1. The van der Waals surface area contributed by atoms with Gasteiger partial charge < -0.3 is 19.8 Å². The second-order valence-electron chi connectivity index (χ2n) is 6.02. The van der Waals surface area contributed by atoms with E-state index in [2.05, 4.69) is 22.2 Å². The molecule has 0 atom stereocenters. The number of hydrogen-bond acceptors (Lipinski definition) is 4. The molecule has 1 fully saturated rings. The van der Waals surface area contributed by atoms with Crippen molar-refractivity contribution in [3.63, 3.8) is 0 Å². The van der Waals surface area contributed by atoms with E-state index in [-0.39, 0.29) is 30.1 Å². The molecule has 1 aromatic carbocycles. The lowest BCUT2D eigenvalue weighted by molar-refractivity contribution is 0.181. The lowest BCUT2D eigenvalue weighted by Gasteiger charge is -2.13. The molecule has 2 N–H and O–H groups in total. The number of benzene rings is 1. The first-order chi connectivity index (χ1) is 13.3. The first kappa shape index (κ1) is 21.8. The Hall–Kier alpha value is -2.49. The zero-order valence-electron chi connectivity index (χ0n) is 15.6. The summed E-state index contributed by atoms with van der Waals surface area (Å²) < 4.78 is 10.3. The fourth-order valence-electron chi connectivity index (χ4n) is 2.68. The summed E-state index contributed by atoms with van der Waals surface area (Å²) in [5.41, 5.74) is 1.89. The SMILES string of the molecule is C=CCNC(=NCc1ccc(N2CCOC2=O)cc1)NCCc1ccco1.I. The van der Waals surface area contributed by atoms with E-state index in [0.717, 1.165) is 23.4 Å². The number of ether oxygens (including phenoxy) is 1. The summed E-state index contributed by atoms with van der Waals surface area (Å²) >= 11 is 0. The van der Waals surface area contributed by atoms with Gasteiger partial charge in [0.05, 0.1) is 19.4 Å². The van der Waals surface area contributed by atoms with E-state index >= 15 is 0 Å². The molecule has 28 heavy (non-hydrogen) atoms. The van der Waals surface area contributed by atoms with Crippen molar-refractivity contribution in [3.05, 3.63) is 66.6 Å². The highest BCUT2D eigenvalue weighted by Crippen LogP contribution is 2.19. The third-order valence-corrected chi connectivity index (χ3v) is 4.09. The van der Waals surface area contributed by atoms with Gasteiger partial charge in [-0.3, -0.25) is 4.90 Å². The van der Waals surface area contributed by atoms with Crippen LogP contribution in [0.1, 0.15) is 11.3 Å². The van der Waals surface area contributed by atoms with Crippen molar-refractivity contribution >= 4 is 41.7 Å². The maximum Gasteiger partial charge on any atom is 0.414 e. The van der Waals surface area contributed by atoms with E-state index in [4.69, 9.17) is 9.15 Å². The van der Waals surface area contributed by atoms with Gasteiger partial charge in [0.2, 0.25) is 0 Å². The smallest absolute Gasteiger partial charge is 0.414 e. The molecule has 1 amide bonds. The van der Waals surface area contributed by atoms with Gasteiger partial charge in [-0.1, -0.05) is 18.2 Å². The van der Waals surface area contributed by atoms with Gasteiger partial charge in [0.15, 0.2) is 5.96 Å². The number of furan rings is 1. The van der Waals surface area contributed by atoms with Crippen LogP contribution in [0, 0.1) is 0 Å². The Morgan fingerprint density at radius 2 is 2.07 bits per heavy atom. The summed E-state index contributed by atoms with van der Waals surface area (Å²) in [6.07, 6.45) is 3.94. The lowest BCUT2D eigenvalue weighted by atomic mass is 10.2. The molecule has 0 bridgehead atoms. The quantitative estimate of drug-likeness (QED) is 0.254. The van der Waals surface area contributed by atoms with Crippen LogP contribution in [0.15, 0.2) is 64.7 Å². The number of nitrogens with one attached hydrogen (secondary N) is 2. The molecule has 1 aromatic heterocycles. The van der Waals surface area contributed by atoms with Gasteiger partial charge in [-0.25, -0.2) is 9.79 Å². The molecule has 1 saturated heterocycles. The van der Waals surface area contributed by atoms with Crippen LogP contribution >= 0.6 is 24.0 Å². The molecule has 2 aromatic rings. The molecule has 1 aliphatic heterocycles. The average Bonchev–Trinajstić information content (AvgIpc) is 3.35. The monoisotopic (exact) mass is 496 g/mol. The molecule has 0 radical (unpaired) electrons. The predicted molar refractivity (Wildman–Crippen MR) is 120 cm³/mol. The second-order valence-corrected chi connectivity index (χ2v) is 6.02. The maximum atomic E-state index is 11.6. The normalized spacial score (nSPS) is 13.6. The van der Waals surface area contributed by atoms with Crippen LogP contribution < -0.4 is 15.5 Å². The van der Waals surface area contributed by atoms with Crippen LogP contribution in [-0.2, 0) is 17.7 Å². The number of hydrogen-bond donors (Lipinski definition) is 2. The highest BCUT2D eigenvalue weighted by Gasteiger charge is 2.23. The molecule has 0 spiro atoms. The predicted octanol–water partition coefficient (Wildman–Crippen LogP) is 3.32. The van der Waals surface area contributed by atoms with E-state index in [1.54, 1.807) is 17.2 Å². The minimum Gasteiger partial charge on any atom is -0.469 e. The topological polar surface area (TPSA) is 79.1 Å². The van der Waals surface area contributed by atoms with Crippen LogP contribution in [0.4, 0.5) is 10.5 Å². The van der Waals surface area contributed by atoms with Crippen molar-refractivity contribution in [2.45, 2.75) is 13.0 Å². The number of guanidine groups is 1. The maximum absolute atomic E-state index is 11.6. The van der Waals surface area contributed by atoms with Crippen LogP contribution in [0.25, 0.3) is 0 Å². The number of amides is 1. The Balaban J connectivity index is 0.00000280. The molecule has 0 aliphatic carbocycles. The highest BCUT2D eigenvalue weighted by molar-refractivity contribution is 14.0. The fraction of sp³-hybridized carbons (Fsp3) is 0.300. The molecular weight excluding hydrogens is 471 g/mol. The van der Waals surface area contributed by atoms with Crippen molar-refractivity contribution < 1.29 is 13.9 Å². The summed E-state index contributed by atoms with van der Waals surface area (Å²) in [5, 5.41) is 6.49. The van der Waals surface area contributed by atoms with E-state index in [1.165, 1.54) is 0 Å². The minimum atomic E-state index is -0.294. The van der Waals surface area contributed by atoms with Gasteiger partial charge >= 0.3 is 6.09 Å². The van der Waals surface area contributed by atoms with E-state index < -0.39 is 0 Å². The Bertz CT molecular complexity index is 775. The molecule has 150 valence electrons. The average molecular weight is 496 g/mol. The number of carbonyl (C=O) groups excluding carboxylic acids is 1. The first-order valence-electron chi connectivity index (χ1n) is 8.95. The number of aliphatic imine (C=N–C) groups is 1. The van der Waals surface area contributed by atoms with Gasteiger partial charge in [0.1, 0.15) is 12.4 Å². The van der Waals surface area contributed by atoms with E-state index in [9.17, 15) is 4.79 Å². The molecule has 8 heteroatoms. The van der Waals surface area contributed by atoms with Gasteiger partial charge in [-0.2, -0.15) is 0 Å². The Morgan fingerprint density at radius 3 is 2.71 bits per heavy atom. The van der Waals surface area contributed by atoms with Gasteiger partial charge in [0, 0.05) is 25.2 Å². The first-order valence-corrected chi connectivity index (χ1v) is 8.95. The van der Waals surface area contributed by atoms with Crippen LogP contribution in [0.3, 0.4) is 0 Å². The van der Waals surface area contributed by atoms with Crippen molar-refractivity contribution in [3.8, 4) is 0 Å². The van der Waals surface area contributed by atoms with Crippen molar-refractivity contribution in [1.82, 2.24) is 10.6 Å². The summed E-state index contributed by atoms with van der Waals surface area (Å²) in [7, 11) is 0. The summed E-state index contributed by atoms with van der Waals surface area (Å²) in [6, 6.07) is 11.6.